The minimum Gasteiger partial charge on any atom is -0.493 e. The van der Waals surface area contributed by atoms with Crippen molar-refractivity contribution in [2.45, 2.75) is 19.2 Å². The third kappa shape index (κ3) is 6.54. The van der Waals surface area contributed by atoms with Crippen molar-refractivity contribution < 1.29 is 50.5 Å². The molecule has 0 bridgehead atoms. The molecular formula is C25H21F5N4O6. The fourth-order valence-corrected chi connectivity index (χ4v) is 3.26. The second-order valence-electron chi connectivity index (χ2n) is 7.86. The van der Waals surface area contributed by atoms with Crippen LogP contribution in [0.5, 0.6) is 28.7 Å². The highest BCUT2D eigenvalue weighted by molar-refractivity contribution is 6.09. The van der Waals surface area contributed by atoms with Crippen molar-refractivity contribution in [1.82, 2.24) is 9.97 Å². The van der Waals surface area contributed by atoms with Crippen LogP contribution in [-0.2, 0) is 6.18 Å². The average Bonchev–Trinajstić information content (AvgIpc) is 2.89. The Morgan fingerprint density at radius 1 is 1.00 bits per heavy atom. The van der Waals surface area contributed by atoms with Gasteiger partial charge in [0.25, 0.3) is 11.8 Å². The van der Waals surface area contributed by atoms with E-state index in [-0.39, 0.29) is 34.7 Å². The van der Waals surface area contributed by atoms with Crippen LogP contribution in [0.2, 0.25) is 0 Å². The molecular weight excluding hydrogens is 547 g/mol. The lowest BCUT2D eigenvalue weighted by molar-refractivity contribution is -0.142. The van der Waals surface area contributed by atoms with Crippen molar-refractivity contribution in [3.05, 3.63) is 71.8 Å². The van der Waals surface area contributed by atoms with Crippen LogP contribution in [0.4, 0.5) is 27.6 Å². The lowest BCUT2D eigenvalue weighted by Crippen LogP contribution is -2.21. The molecule has 0 aliphatic heterocycles. The maximum absolute atomic E-state index is 13.7. The lowest BCUT2D eigenvalue weighted by atomic mass is 10.1. The molecule has 15 heteroatoms. The summed E-state index contributed by atoms with van der Waals surface area (Å²) in [4.78, 5) is 32.1. The first-order chi connectivity index (χ1) is 18.7. The number of aromatic nitrogens is 2. The predicted molar refractivity (Wildman–Crippen MR) is 130 cm³/mol. The number of nitrogens with one attached hydrogen (secondary N) is 1. The number of hydrogen-bond acceptors (Lipinski definition) is 8. The Kier molecular flexibility index (Phi) is 8.46. The third-order valence-corrected chi connectivity index (χ3v) is 5.15. The standard InChI is InChI=1S/C25H21F5N4O6/c1-5-24(26,27)40-13-6-7-16(17(8-13)37-3)39-18-11-33-21(25(28,29)30)20(38-4)19(18)23(36)34-14-9-15(22(31)35)32-10-12(14)2/h5-11H,1H2,2-4H3,(H2,31,35)(H,32,34,36). The van der Waals surface area contributed by atoms with Crippen molar-refractivity contribution in [3.63, 3.8) is 0 Å². The van der Waals surface area contributed by atoms with E-state index in [4.69, 9.17) is 19.9 Å². The molecule has 3 aromatic rings. The highest BCUT2D eigenvalue weighted by atomic mass is 19.4. The number of primary amides is 1. The van der Waals surface area contributed by atoms with Crippen LogP contribution < -0.4 is 30.0 Å². The lowest BCUT2D eigenvalue weighted by Gasteiger charge is -2.20. The Bertz CT molecular complexity index is 1460. The number of nitrogens with zero attached hydrogens (tertiary/aromatic N) is 2. The summed E-state index contributed by atoms with van der Waals surface area (Å²) in [5.41, 5.74) is 3.10. The summed E-state index contributed by atoms with van der Waals surface area (Å²) < 4.78 is 88.5. The van der Waals surface area contributed by atoms with Crippen LogP contribution in [0.1, 0.15) is 32.1 Å². The van der Waals surface area contributed by atoms with Gasteiger partial charge in [-0.25, -0.2) is 4.98 Å². The molecule has 0 radical (unpaired) electrons. The second-order valence-corrected chi connectivity index (χ2v) is 7.86. The van der Waals surface area contributed by atoms with E-state index in [9.17, 15) is 31.5 Å². The normalized spacial score (nSPS) is 11.4. The first-order valence-electron chi connectivity index (χ1n) is 11.0. The fraction of sp³-hybridized carbons (Fsp3) is 0.200. The number of amides is 2. The van der Waals surface area contributed by atoms with Crippen molar-refractivity contribution in [1.29, 1.82) is 0 Å². The summed E-state index contributed by atoms with van der Waals surface area (Å²) in [7, 11) is 2.06. The van der Waals surface area contributed by atoms with E-state index in [0.29, 0.717) is 11.8 Å². The van der Waals surface area contributed by atoms with Crippen molar-refractivity contribution >= 4 is 17.5 Å². The van der Waals surface area contributed by atoms with Crippen LogP contribution in [0.15, 0.2) is 49.3 Å². The number of hydrogen-bond donors (Lipinski definition) is 2. The Morgan fingerprint density at radius 2 is 1.70 bits per heavy atom. The number of rotatable bonds is 10. The van der Waals surface area contributed by atoms with Gasteiger partial charge in [-0.15, -0.1) is 0 Å². The molecule has 2 heterocycles. The number of carbonyl (C=O) groups is 2. The average molecular weight is 568 g/mol. The first-order valence-corrected chi connectivity index (χ1v) is 11.0. The molecule has 0 saturated carbocycles. The fourth-order valence-electron chi connectivity index (χ4n) is 3.26. The maximum atomic E-state index is 13.7. The molecule has 2 aromatic heterocycles. The molecule has 0 atom stereocenters. The number of pyridine rings is 2. The van der Waals surface area contributed by atoms with E-state index in [1.807, 2.05) is 0 Å². The number of ether oxygens (including phenoxy) is 4. The maximum Gasteiger partial charge on any atom is 0.437 e. The number of anilines is 1. The summed E-state index contributed by atoms with van der Waals surface area (Å²) in [5.74, 6) is -4.29. The molecule has 1 aromatic carbocycles. The van der Waals surface area contributed by atoms with E-state index in [2.05, 4.69) is 26.6 Å². The Labute approximate surface area is 223 Å². The topological polar surface area (TPSA) is 135 Å². The third-order valence-electron chi connectivity index (χ3n) is 5.15. The molecule has 0 saturated heterocycles. The summed E-state index contributed by atoms with van der Waals surface area (Å²) >= 11 is 0. The van der Waals surface area contributed by atoms with Gasteiger partial charge in [0.15, 0.2) is 28.7 Å². The number of aryl methyl sites for hydroxylation is 1. The van der Waals surface area contributed by atoms with Crippen LogP contribution in [0.25, 0.3) is 0 Å². The van der Waals surface area contributed by atoms with Gasteiger partial charge in [0.2, 0.25) is 0 Å². The number of methoxy groups -OCH3 is 2. The quantitative estimate of drug-likeness (QED) is 0.254. The Hall–Kier alpha value is -4.95. The van der Waals surface area contributed by atoms with Gasteiger partial charge >= 0.3 is 12.3 Å². The minimum absolute atomic E-state index is 0.00871. The van der Waals surface area contributed by atoms with E-state index in [1.165, 1.54) is 20.2 Å². The highest BCUT2D eigenvalue weighted by Gasteiger charge is 2.40. The summed E-state index contributed by atoms with van der Waals surface area (Å²) in [5, 5.41) is 2.39. The summed E-state index contributed by atoms with van der Waals surface area (Å²) in [6, 6.07) is 4.34. The zero-order valence-corrected chi connectivity index (χ0v) is 21.1. The van der Waals surface area contributed by atoms with Crippen molar-refractivity contribution in [2.75, 3.05) is 19.5 Å². The highest BCUT2D eigenvalue weighted by Crippen LogP contribution is 2.43. The van der Waals surface area contributed by atoms with E-state index < -0.39 is 46.9 Å². The summed E-state index contributed by atoms with van der Waals surface area (Å²) in [6.45, 7) is 4.48. The van der Waals surface area contributed by atoms with Gasteiger partial charge in [-0.1, -0.05) is 6.58 Å². The Balaban J connectivity index is 2.12. The van der Waals surface area contributed by atoms with Gasteiger partial charge in [-0.2, -0.15) is 22.0 Å². The molecule has 0 unspecified atom stereocenters. The van der Waals surface area contributed by atoms with Crippen molar-refractivity contribution in [3.8, 4) is 28.7 Å². The molecule has 0 fully saturated rings. The molecule has 2 amide bonds. The molecule has 10 nitrogen and oxygen atoms in total. The predicted octanol–water partition coefficient (Wildman–Crippen LogP) is 5.12. The number of nitrogens with two attached hydrogens (primary N) is 1. The van der Waals surface area contributed by atoms with Crippen LogP contribution in [0, 0.1) is 6.92 Å². The molecule has 0 aliphatic rings. The van der Waals surface area contributed by atoms with Crippen LogP contribution in [0.3, 0.4) is 0 Å². The number of halogens is 5. The minimum atomic E-state index is -5.03. The molecule has 40 heavy (non-hydrogen) atoms. The zero-order chi connectivity index (χ0) is 29.8. The van der Waals surface area contributed by atoms with Gasteiger partial charge in [0, 0.05) is 24.0 Å². The van der Waals surface area contributed by atoms with Crippen LogP contribution >= 0.6 is 0 Å². The number of carbonyl (C=O) groups excluding carboxylic acids is 2. The summed E-state index contributed by atoms with van der Waals surface area (Å²) in [6.07, 6.45) is -6.61. The van der Waals surface area contributed by atoms with Gasteiger partial charge in [0.1, 0.15) is 17.0 Å². The van der Waals surface area contributed by atoms with Crippen LogP contribution in [-0.4, -0.2) is 42.1 Å². The molecule has 3 N–H and O–H groups in total. The van der Waals surface area contributed by atoms with Crippen molar-refractivity contribution in [2.24, 2.45) is 5.73 Å². The molecule has 0 aliphatic carbocycles. The van der Waals surface area contributed by atoms with E-state index in [0.717, 1.165) is 31.4 Å². The molecule has 0 spiro atoms. The van der Waals surface area contributed by atoms with Gasteiger partial charge in [-0.3, -0.25) is 14.6 Å². The largest absolute Gasteiger partial charge is 0.493 e. The molecule has 212 valence electrons. The van der Waals surface area contributed by atoms with Gasteiger partial charge < -0.3 is 30.0 Å². The van der Waals surface area contributed by atoms with Gasteiger partial charge in [-0.05, 0) is 30.7 Å². The monoisotopic (exact) mass is 568 g/mol. The smallest absolute Gasteiger partial charge is 0.437 e. The zero-order valence-electron chi connectivity index (χ0n) is 21.1. The van der Waals surface area contributed by atoms with E-state index in [1.54, 1.807) is 0 Å². The first kappa shape index (κ1) is 29.6. The Morgan fingerprint density at radius 3 is 2.27 bits per heavy atom. The SMILES string of the molecule is C=CC(F)(F)Oc1ccc(Oc2cnc(C(F)(F)F)c(OC)c2C(=O)Nc2cc(C(N)=O)ncc2C)c(OC)c1. The molecule has 3 rings (SSSR count). The second kappa shape index (κ2) is 11.4. The number of alkyl halides is 5. The van der Waals surface area contributed by atoms with Gasteiger partial charge in [0.05, 0.1) is 20.4 Å². The van der Waals surface area contributed by atoms with E-state index >= 15 is 0 Å². The number of benzene rings is 1.